The van der Waals surface area contributed by atoms with Crippen molar-refractivity contribution in [2.75, 3.05) is 44.7 Å². The fourth-order valence-electron chi connectivity index (χ4n) is 3.02. The minimum atomic E-state index is -0.576. The Morgan fingerprint density at radius 3 is 2.36 bits per heavy atom. The Morgan fingerprint density at radius 1 is 1.16 bits per heavy atom. The Bertz CT molecular complexity index is 556. The van der Waals surface area contributed by atoms with Crippen LogP contribution in [-0.2, 0) is 14.3 Å². The molecule has 138 valence electrons. The number of amides is 1. The summed E-state index contributed by atoms with van der Waals surface area (Å²) in [6.07, 6.45) is 0.801. The molecular weight excluding hydrogens is 318 g/mol. The lowest BCUT2D eigenvalue weighted by molar-refractivity contribution is -0.146. The van der Waals surface area contributed by atoms with Crippen LogP contribution in [0.15, 0.2) is 30.3 Å². The van der Waals surface area contributed by atoms with Crippen molar-refractivity contribution in [3.05, 3.63) is 30.3 Å². The van der Waals surface area contributed by atoms with Gasteiger partial charge in [-0.05, 0) is 18.1 Å². The smallest absolute Gasteiger partial charge is 0.328 e. The second-order valence-corrected chi connectivity index (χ2v) is 6.55. The monoisotopic (exact) mass is 347 g/mol. The number of piperazine rings is 1. The molecule has 0 aliphatic carbocycles. The van der Waals surface area contributed by atoms with Gasteiger partial charge >= 0.3 is 5.97 Å². The molecule has 25 heavy (non-hydrogen) atoms. The molecule has 0 spiro atoms. The van der Waals surface area contributed by atoms with Gasteiger partial charge in [-0.2, -0.15) is 0 Å². The van der Waals surface area contributed by atoms with Crippen molar-refractivity contribution < 1.29 is 14.3 Å². The van der Waals surface area contributed by atoms with E-state index in [1.165, 1.54) is 12.8 Å². The van der Waals surface area contributed by atoms with Crippen LogP contribution < -0.4 is 10.2 Å². The average molecular weight is 347 g/mol. The van der Waals surface area contributed by atoms with Gasteiger partial charge in [-0.15, -0.1) is 0 Å². The maximum Gasteiger partial charge on any atom is 0.328 e. The van der Waals surface area contributed by atoms with Crippen molar-refractivity contribution in [2.45, 2.75) is 26.3 Å². The van der Waals surface area contributed by atoms with Crippen LogP contribution >= 0.6 is 0 Å². The second kappa shape index (κ2) is 9.42. The summed E-state index contributed by atoms with van der Waals surface area (Å²) in [6, 6.07) is 9.73. The minimum absolute atomic E-state index is 0.0475. The van der Waals surface area contributed by atoms with E-state index in [2.05, 4.69) is 27.2 Å². The third kappa shape index (κ3) is 5.46. The normalized spacial score (nSPS) is 17.6. The lowest BCUT2D eigenvalue weighted by atomic mass is 9.99. The van der Waals surface area contributed by atoms with E-state index in [1.54, 1.807) is 0 Å². The molecule has 1 fully saturated rings. The Hall–Kier alpha value is -2.08. The highest BCUT2D eigenvalue weighted by Crippen LogP contribution is 2.15. The zero-order valence-corrected chi connectivity index (χ0v) is 15.4. The number of nitrogens with one attached hydrogen (secondary N) is 1. The van der Waals surface area contributed by atoms with E-state index in [-0.39, 0.29) is 17.8 Å². The Morgan fingerprint density at radius 2 is 1.80 bits per heavy atom. The third-order valence-electron chi connectivity index (χ3n) is 4.85. The summed E-state index contributed by atoms with van der Waals surface area (Å²) in [4.78, 5) is 28.7. The molecule has 1 aliphatic rings. The number of para-hydroxylation sites is 1. The van der Waals surface area contributed by atoms with Crippen LogP contribution in [0, 0.1) is 5.92 Å². The molecular formula is C19H29N3O3. The van der Waals surface area contributed by atoms with Crippen LogP contribution in [0.25, 0.3) is 0 Å². The molecule has 1 aromatic rings. The molecule has 2 unspecified atom stereocenters. The first-order chi connectivity index (χ1) is 12.0. The fraction of sp³-hybridized carbons (Fsp3) is 0.579. The first-order valence-electron chi connectivity index (χ1n) is 8.94. The van der Waals surface area contributed by atoms with Crippen LogP contribution in [0.4, 0.5) is 5.69 Å². The molecule has 0 saturated carbocycles. The minimum Gasteiger partial charge on any atom is -0.467 e. The van der Waals surface area contributed by atoms with Crippen molar-refractivity contribution in [2.24, 2.45) is 5.92 Å². The van der Waals surface area contributed by atoms with Crippen molar-refractivity contribution in [1.82, 2.24) is 10.2 Å². The highest BCUT2D eigenvalue weighted by Gasteiger charge is 2.27. The molecule has 0 bridgehead atoms. The maximum atomic E-state index is 12.3. The number of benzene rings is 1. The summed E-state index contributed by atoms with van der Waals surface area (Å²) >= 11 is 0. The lowest BCUT2D eigenvalue weighted by Crippen LogP contribution is -2.52. The topological polar surface area (TPSA) is 61.9 Å². The second-order valence-electron chi connectivity index (χ2n) is 6.55. The molecule has 2 atom stereocenters. The van der Waals surface area contributed by atoms with Gasteiger partial charge in [0.05, 0.1) is 13.7 Å². The van der Waals surface area contributed by atoms with Crippen LogP contribution in [0.2, 0.25) is 0 Å². The molecule has 2 rings (SSSR count). The van der Waals surface area contributed by atoms with Crippen molar-refractivity contribution in [3.63, 3.8) is 0 Å². The summed E-state index contributed by atoms with van der Waals surface area (Å²) in [5, 5.41) is 2.84. The van der Waals surface area contributed by atoms with Gasteiger partial charge in [0.25, 0.3) is 0 Å². The van der Waals surface area contributed by atoms with E-state index in [0.717, 1.165) is 32.6 Å². The van der Waals surface area contributed by atoms with Gasteiger partial charge in [-0.3, -0.25) is 9.69 Å². The quantitative estimate of drug-likeness (QED) is 0.758. The van der Waals surface area contributed by atoms with Crippen molar-refractivity contribution in [3.8, 4) is 0 Å². The van der Waals surface area contributed by atoms with E-state index >= 15 is 0 Å². The van der Waals surface area contributed by atoms with Crippen molar-refractivity contribution in [1.29, 1.82) is 0 Å². The highest BCUT2D eigenvalue weighted by atomic mass is 16.5. The Labute approximate surface area is 150 Å². The van der Waals surface area contributed by atoms with Gasteiger partial charge in [-0.1, -0.05) is 38.5 Å². The predicted octanol–water partition coefficient (Wildman–Crippen LogP) is 1.51. The summed E-state index contributed by atoms with van der Waals surface area (Å²) in [5.74, 6) is -0.452. The number of anilines is 1. The largest absolute Gasteiger partial charge is 0.467 e. The van der Waals surface area contributed by atoms with Gasteiger partial charge < -0.3 is 15.0 Å². The molecule has 1 aromatic carbocycles. The third-order valence-corrected chi connectivity index (χ3v) is 4.85. The number of carbonyl (C=O) groups is 2. The number of hydrogen-bond donors (Lipinski definition) is 1. The van der Waals surface area contributed by atoms with E-state index < -0.39 is 6.04 Å². The number of nitrogens with zero attached hydrogens (tertiary/aromatic N) is 2. The van der Waals surface area contributed by atoms with E-state index in [9.17, 15) is 9.59 Å². The van der Waals surface area contributed by atoms with Crippen LogP contribution in [0.5, 0.6) is 0 Å². The zero-order valence-electron chi connectivity index (χ0n) is 15.4. The average Bonchev–Trinajstić information content (AvgIpc) is 2.66. The van der Waals surface area contributed by atoms with Gasteiger partial charge in [-0.25, -0.2) is 4.79 Å². The maximum absolute atomic E-state index is 12.3. The van der Waals surface area contributed by atoms with E-state index in [1.807, 2.05) is 32.0 Å². The molecule has 6 nitrogen and oxygen atoms in total. The molecule has 1 saturated heterocycles. The summed E-state index contributed by atoms with van der Waals surface area (Å²) in [6.45, 7) is 7.69. The van der Waals surface area contributed by atoms with Gasteiger partial charge in [0.15, 0.2) is 0 Å². The Kier molecular flexibility index (Phi) is 7.25. The van der Waals surface area contributed by atoms with E-state index in [0.29, 0.717) is 6.54 Å². The number of methoxy groups -OCH3 is 1. The molecule has 1 amide bonds. The number of esters is 1. The molecule has 1 heterocycles. The standard InChI is InChI=1S/C19H29N3O3/c1-4-15(2)18(19(24)25-3)20-17(23)14-21-10-12-22(13-11-21)16-8-6-5-7-9-16/h5-9,15,18H,4,10-14H2,1-3H3,(H,20,23). The van der Waals surface area contributed by atoms with Gasteiger partial charge in [0, 0.05) is 31.9 Å². The first kappa shape index (κ1) is 19.2. The molecule has 6 heteroatoms. The van der Waals surface area contributed by atoms with Crippen LogP contribution in [0.1, 0.15) is 20.3 Å². The highest BCUT2D eigenvalue weighted by molar-refractivity contribution is 5.85. The van der Waals surface area contributed by atoms with Crippen LogP contribution in [-0.4, -0.2) is 62.7 Å². The molecule has 0 radical (unpaired) electrons. The zero-order chi connectivity index (χ0) is 18.2. The van der Waals surface area contributed by atoms with Gasteiger partial charge in [0.2, 0.25) is 5.91 Å². The number of rotatable bonds is 7. The first-order valence-corrected chi connectivity index (χ1v) is 8.94. The fourth-order valence-corrected chi connectivity index (χ4v) is 3.02. The Balaban J connectivity index is 1.82. The summed E-state index contributed by atoms with van der Waals surface area (Å²) < 4.78 is 4.82. The number of ether oxygens (including phenoxy) is 1. The molecule has 0 aromatic heterocycles. The molecule has 1 N–H and O–H groups in total. The van der Waals surface area contributed by atoms with Crippen LogP contribution in [0.3, 0.4) is 0 Å². The molecule has 1 aliphatic heterocycles. The lowest BCUT2D eigenvalue weighted by Gasteiger charge is -2.36. The summed E-state index contributed by atoms with van der Waals surface area (Å²) in [5.41, 5.74) is 1.22. The SMILES string of the molecule is CCC(C)C(NC(=O)CN1CCN(c2ccccc2)CC1)C(=O)OC. The van der Waals surface area contributed by atoms with Crippen molar-refractivity contribution >= 4 is 17.6 Å². The summed E-state index contributed by atoms with van der Waals surface area (Å²) in [7, 11) is 1.35. The predicted molar refractivity (Wildman–Crippen MR) is 98.5 cm³/mol. The van der Waals surface area contributed by atoms with E-state index in [4.69, 9.17) is 4.74 Å². The number of hydrogen-bond acceptors (Lipinski definition) is 5. The number of carbonyl (C=O) groups excluding carboxylic acids is 2. The van der Waals surface area contributed by atoms with Gasteiger partial charge in [0.1, 0.15) is 6.04 Å².